The van der Waals surface area contributed by atoms with Gasteiger partial charge < -0.3 is 10.3 Å². The number of rotatable bonds is 3. The summed E-state index contributed by atoms with van der Waals surface area (Å²) in [6.45, 7) is 3.89. The quantitative estimate of drug-likeness (QED) is 0.551. The van der Waals surface area contributed by atoms with E-state index in [0.29, 0.717) is 11.2 Å². The van der Waals surface area contributed by atoms with E-state index < -0.39 is 0 Å². The molecule has 0 atom stereocenters. The monoisotopic (exact) mass is 281 g/mol. The lowest BCUT2D eigenvalue weighted by Crippen LogP contribution is -1.97. The number of aromatic nitrogens is 1. The summed E-state index contributed by atoms with van der Waals surface area (Å²) in [5.74, 6) is 0.415. The van der Waals surface area contributed by atoms with Crippen LogP contribution in [0.15, 0.2) is 42.5 Å². The van der Waals surface area contributed by atoms with Gasteiger partial charge >= 0.3 is 5.69 Å². The van der Waals surface area contributed by atoms with Gasteiger partial charge in [-0.1, -0.05) is 30.3 Å². The van der Waals surface area contributed by atoms with Gasteiger partial charge in [-0.25, -0.2) is 0 Å². The molecule has 1 heterocycles. The van der Waals surface area contributed by atoms with E-state index in [1.165, 1.54) is 0 Å². The third kappa shape index (κ3) is 2.23. The molecular weight excluding hydrogens is 266 g/mol. The molecule has 0 fully saturated rings. The van der Waals surface area contributed by atoms with Crippen molar-refractivity contribution < 1.29 is 4.92 Å². The van der Waals surface area contributed by atoms with Crippen molar-refractivity contribution in [3.63, 3.8) is 0 Å². The van der Waals surface area contributed by atoms with E-state index in [4.69, 9.17) is 0 Å². The van der Waals surface area contributed by atoms with Crippen molar-refractivity contribution in [1.29, 1.82) is 0 Å². The van der Waals surface area contributed by atoms with Gasteiger partial charge in [0.05, 0.1) is 15.8 Å². The summed E-state index contributed by atoms with van der Waals surface area (Å²) in [6, 6.07) is 13.2. The molecular formula is C16H15N3O2. The molecule has 0 aliphatic carbocycles. The van der Waals surface area contributed by atoms with E-state index >= 15 is 0 Å². The van der Waals surface area contributed by atoms with E-state index in [-0.39, 0.29) is 10.6 Å². The standard InChI is InChI=1S/C16H15N3O2/c1-10-6-3-4-9-13(10)17-16-15(19(20)21)12-8-5-7-11(2)14(12)18-16/h3-9,17-18H,1-2H3. The molecule has 2 aromatic carbocycles. The molecule has 0 amide bonds. The van der Waals surface area contributed by atoms with Crippen LogP contribution < -0.4 is 5.32 Å². The summed E-state index contributed by atoms with van der Waals surface area (Å²) in [4.78, 5) is 14.2. The number of H-pyrrole nitrogens is 1. The Labute approximate surface area is 121 Å². The number of fused-ring (bicyclic) bond motifs is 1. The second kappa shape index (κ2) is 4.94. The molecule has 3 rings (SSSR count). The van der Waals surface area contributed by atoms with Crippen LogP contribution in [-0.4, -0.2) is 9.91 Å². The highest BCUT2D eigenvalue weighted by molar-refractivity contribution is 5.98. The molecule has 5 heteroatoms. The number of aryl methyl sites for hydroxylation is 2. The van der Waals surface area contributed by atoms with Crippen LogP contribution in [0.5, 0.6) is 0 Å². The van der Waals surface area contributed by atoms with Crippen LogP contribution in [0, 0.1) is 24.0 Å². The molecule has 3 aromatic rings. The average Bonchev–Trinajstić information content (AvgIpc) is 2.81. The number of nitrogens with zero attached hydrogens (tertiary/aromatic N) is 1. The van der Waals surface area contributed by atoms with E-state index in [0.717, 1.165) is 22.3 Å². The fourth-order valence-corrected chi connectivity index (χ4v) is 2.48. The maximum absolute atomic E-state index is 11.4. The predicted octanol–water partition coefficient (Wildman–Crippen LogP) is 4.44. The normalized spacial score (nSPS) is 10.8. The molecule has 0 saturated heterocycles. The molecule has 21 heavy (non-hydrogen) atoms. The summed E-state index contributed by atoms with van der Waals surface area (Å²) in [6.07, 6.45) is 0. The molecule has 0 saturated carbocycles. The third-order valence-electron chi connectivity index (χ3n) is 3.60. The summed E-state index contributed by atoms with van der Waals surface area (Å²) < 4.78 is 0. The Morgan fingerprint density at radius 3 is 2.48 bits per heavy atom. The first-order chi connectivity index (χ1) is 10.1. The Morgan fingerprint density at radius 2 is 1.76 bits per heavy atom. The van der Waals surface area contributed by atoms with Crippen molar-refractivity contribution in [2.24, 2.45) is 0 Å². The van der Waals surface area contributed by atoms with Crippen LogP contribution in [0.4, 0.5) is 17.2 Å². The lowest BCUT2D eigenvalue weighted by atomic mass is 10.1. The first-order valence-electron chi connectivity index (χ1n) is 6.66. The molecule has 106 valence electrons. The van der Waals surface area contributed by atoms with Gasteiger partial charge in [-0.15, -0.1) is 0 Å². The highest BCUT2D eigenvalue weighted by atomic mass is 16.6. The maximum atomic E-state index is 11.4. The van der Waals surface area contributed by atoms with Crippen LogP contribution in [-0.2, 0) is 0 Å². The molecule has 0 unspecified atom stereocenters. The first kappa shape index (κ1) is 13.2. The largest absolute Gasteiger partial charge is 0.336 e. The number of aromatic amines is 1. The van der Waals surface area contributed by atoms with Gasteiger partial charge in [-0.05, 0) is 37.1 Å². The highest BCUT2D eigenvalue weighted by Gasteiger charge is 2.22. The van der Waals surface area contributed by atoms with Crippen LogP contribution in [0.3, 0.4) is 0 Å². The molecule has 5 nitrogen and oxygen atoms in total. The van der Waals surface area contributed by atoms with Gasteiger partial charge in [0, 0.05) is 5.69 Å². The minimum Gasteiger partial charge on any atom is -0.336 e. The smallest absolute Gasteiger partial charge is 0.318 e. The fourth-order valence-electron chi connectivity index (χ4n) is 2.48. The van der Waals surface area contributed by atoms with Crippen LogP contribution in [0.2, 0.25) is 0 Å². The molecule has 0 aliphatic heterocycles. The van der Waals surface area contributed by atoms with Gasteiger partial charge in [0.1, 0.15) is 0 Å². The minimum atomic E-state index is -0.348. The lowest BCUT2D eigenvalue weighted by Gasteiger charge is -2.06. The second-order valence-corrected chi connectivity index (χ2v) is 5.04. The first-order valence-corrected chi connectivity index (χ1v) is 6.66. The Morgan fingerprint density at radius 1 is 1.05 bits per heavy atom. The van der Waals surface area contributed by atoms with Crippen molar-refractivity contribution in [3.8, 4) is 0 Å². The van der Waals surface area contributed by atoms with Crippen molar-refractivity contribution in [3.05, 3.63) is 63.7 Å². The van der Waals surface area contributed by atoms with Crippen LogP contribution in [0.25, 0.3) is 10.9 Å². The van der Waals surface area contributed by atoms with Crippen molar-refractivity contribution in [2.75, 3.05) is 5.32 Å². The maximum Gasteiger partial charge on any atom is 0.318 e. The fraction of sp³-hybridized carbons (Fsp3) is 0.125. The van der Waals surface area contributed by atoms with E-state index in [1.807, 2.05) is 50.2 Å². The topological polar surface area (TPSA) is 71.0 Å². The zero-order valence-electron chi connectivity index (χ0n) is 11.8. The minimum absolute atomic E-state index is 0.0805. The Bertz CT molecular complexity index is 837. The second-order valence-electron chi connectivity index (χ2n) is 5.04. The van der Waals surface area contributed by atoms with E-state index in [2.05, 4.69) is 10.3 Å². The number of benzene rings is 2. The lowest BCUT2D eigenvalue weighted by molar-refractivity contribution is -0.382. The van der Waals surface area contributed by atoms with E-state index in [1.54, 1.807) is 6.07 Å². The molecule has 0 radical (unpaired) electrons. The van der Waals surface area contributed by atoms with Gasteiger partial charge in [-0.3, -0.25) is 10.1 Å². The number of hydrogen-bond acceptors (Lipinski definition) is 3. The number of nitrogens with one attached hydrogen (secondary N) is 2. The average molecular weight is 281 g/mol. The number of para-hydroxylation sites is 2. The van der Waals surface area contributed by atoms with Gasteiger partial charge in [0.15, 0.2) is 5.82 Å². The summed E-state index contributed by atoms with van der Waals surface area (Å²) >= 11 is 0. The molecule has 0 bridgehead atoms. The van der Waals surface area contributed by atoms with Gasteiger partial charge in [-0.2, -0.15) is 0 Å². The number of hydrogen-bond donors (Lipinski definition) is 2. The summed E-state index contributed by atoms with van der Waals surface area (Å²) in [7, 11) is 0. The SMILES string of the molecule is Cc1ccccc1Nc1[nH]c2c(C)cccc2c1[N+](=O)[O-]. The summed E-state index contributed by atoms with van der Waals surface area (Å²) in [5.41, 5.74) is 3.73. The van der Waals surface area contributed by atoms with Crippen molar-refractivity contribution in [2.45, 2.75) is 13.8 Å². The van der Waals surface area contributed by atoms with Gasteiger partial charge in [0.2, 0.25) is 0 Å². The van der Waals surface area contributed by atoms with Crippen LogP contribution in [0.1, 0.15) is 11.1 Å². The molecule has 0 aliphatic rings. The Kier molecular flexibility index (Phi) is 3.10. The number of nitro groups is 1. The molecule has 0 spiro atoms. The van der Waals surface area contributed by atoms with Crippen molar-refractivity contribution >= 4 is 28.1 Å². The molecule has 1 aromatic heterocycles. The van der Waals surface area contributed by atoms with Crippen molar-refractivity contribution in [1.82, 2.24) is 4.98 Å². The highest BCUT2D eigenvalue weighted by Crippen LogP contribution is 2.36. The van der Waals surface area contributed by atoms with Crippen LogP contribution >= 0.6 is 0 Å². The zero-order valence-corrected chi connectivity index (χ0v) is 11.8. The number of anilines is 2. The van der Waals surface area contributed by atoms with Gasteiger partial charge in [0.25, 0.3) is 0 Å². The Hall–Kier alpha value is -2.82. The van der Waals surface area contributed by atoms with E-state index in [9.17, 15) is 10.1 Å². The third-order valence-corrected chi connectivity index (χ3v) is 3.60. The molecule has 2 N–H and O–H groups in total. The zero-order chi connectivity index (χ0) is 15.0. The summed E-state index contributed by atoms with van der Waals surface area (Å²) in [5, 5.41) is 15.2. The Balaban J connectivity index is 2.18. The predicted molar refractivity (Wildman–Crippen MR) is 84.2 cm³/mol.